The Morgan fingerprint density at radius 1 is 1.27 bits per heavy atom. The van der Waals surface area contributed by atoms with Crippen LogP contribution in [-0.2, 0) is 6.42 Å². The maximum atomic E-state index is 4.11. The summed E-state index contributed by atoms with van der Waals surface area (Å²) in [7, 11) is 0. The standard InChI is InChI=1S/C12H22N2S/c1-11(2,3)14-8-12(4,5)6-10-7-13-9-15-10/h7,9,14H,6,8H2,1-5H3. The van der Waals surface area contributed by atoms with E-state index in [1.54, 1.807) is 11.3 Å². The SMILES string of the molecule is CC(C)(CNC(C)(C)C)Cc1cncs1. The number of nitrogens with one attached hydrogen (secondary N) is 1. The minimum atomic E-state index is 0.199. The summed E-state index contributed by atoms with van der Waals surface area (Å²) >= 11 is 1.74. The Hall–Kier alpha value is -0.410. The zero-order valence-corrected chi connectivity index (χ0v) is 11.2. The van der Waals surface area contributed by atoms with Crippen LogP contribution >= 0.6 is 11.3 Å². The molecular weight excluding hydrogens is 204 g/mol. The molecule has 0 unspecified atom stereocenters. The van der Waals surface area contributed by atoms with Crippen molar-refractivity contribution >= 4 is 11.3 Å². The second kappa shape index (κ2) is 4.62. The van der Waals surface area contributed by atoms with Gasteiger partial charge in [-0.05, 0) is 32.6 Å². The van der Waals surface area contributed by atoms with Gasteiger partial charge >= 0.3 is 0 Å². The Kier molecular flexibility index (Phi) is 3.90. The van der Waals surface area contributed by atoms with Crippen molar-refractivity contribution < 1.29 is 0 Å². The minimum Gasteiger partial charge on any atom is -0.312 e. The molecule has 0 atom stereocenters. The van der Waals surface area contributed by atoms with Gasteiger partial charge in [-0.1, -0.05) is 13.8 Å². The Balaban J connectivity index is 2.45. The number of rotatable bonds is 4. The third kappa shape index (κ3) is 5.28. The summed E-state index contributed by atoms with van der Waals surface area (Å²) in [6.45, 7) is 12.2. The molecule has 0 aromatic carbocycles. The second-order valence-electron chi connectivity index (χ2n) is 5.91. The molecule has 0 spiro atoms. The molecule has 1 rings (SSSR count). The molecule has 1 aromatic rings. The van der Waals surface area contributed by atoms with Gasteiger partial charge in [0.25, 0.3) is 0 Å². The molecule has 0 saturated heterocycles. The number of aromatic nitrogens is 1. The molecule has 0 fully saturated rings. The van der Waals surface area contributed by atoms with Crippen LogP contribution in [0, 0.1) is 5.41 Å². The molecule has 0 amide bonds. The topological polar surface area (TPSA) is 24.9 Å². The predicted octanol–water partition coefficient (Wildman–Crippen LogP) is 3.10. The van der Waals surface area contributed by atoms with E-state index in [9.17, 15) is 0 Å². The third-order valence-electron chi connectivity index (χ3n) is 2.23. The van der Waals surface area contributed by atoms with E-state index < -0.39 is 0 Å². The van der Waals surface area contributed by atoms with Gasteiger partial charge in [0.15, 0.2) is 0 Å². The lowest BCUT2D eigenvalue weighted by Gasteiger charge is -2.30. The molecule has 1 heterocycles. The fraction of sp³-hybridized carbons (Fsp3) is 0.750. The van der Waals surface area contributed by atoms with Crippen molar-refractivity contribution in [1.82, 2.24) is 10.3 Å². The Labute approximate surface area is 97.1 Å². The minimum absolute atomic E-state index is 0.199. The van der Waals surface area contributed by atoms with Gasteiger partial charge in [-0.15, -0.1) is 11.3 Å². The van der Waals surface area contributed by atoms with Crippen LogP contribution in [0.2, 0.25) is 0 Å². The normalized spacial score (nSPS) is 13.1. The van der Waals surface area contributed by atoms with Gasteiger partial charge in [0.05, 0.1) is 5.51 Å². The molecule has 0 aliphatic rings. The van der Waals surface area contributed by atoms with Crippen LogP contribution in [0.3, 0.4) is 0 Å². The number of thiazole rings is 1. The first-order valence-corrected chi connectivity index (χ1v) is 6.29. The smallest absolute Gasteiger partial charge is 0.0794 e. The second-order valence-corrected chi connectivity index (χ2v) is 6.88. The molecule has 0 bridgehead atoms. The van der Waals surface area contributed by atoms with Gasteiger partial charge in [-0.2, -0.15) is 0 Å². The summed E-state index contributed by atoms with van der Waals surface area (Å²) in [6.07, 6.45) is 3.07. The highest BCUT2D eigenvalue weighted by molar-refractivity contribution is 7.09. The quantitative estimate of drug-likeness (QED) is 0.853. The van der Waals surface area contributed by atoms with E-state index in [1.807, 2.05) is 11.7 Å². The lowest BCUT2D eigenvalue weighted by Crippen LogP contribution is -2.42. The van der Waals surface area contributed by atoms with Gasteiger partial charge in [-0.3, -0.25) is 4.98 Å². The van der Waals surface area contributed by atoms with Gasteiger partial charge in [0.1, 0.15) is 0 Å². The van der Waals surface area contributed by atoms with Gasteiger partial charge in [0.2, 0.25) is 0 Å². The number of hydrogen-bond donors (Lipinski definition) is 1. The Morgan fingerprint density at radius 2 is 1.93 bits per heavy atom. The first kappa shape index (κ1) is 12.7. The molecule has 0 radical (unpaired) electrons. The lowest BCUT2D eigenvalue weighted by molar-refractivity contribution is 0.290. The van der Waals surface area contributed by atoms with E-state index in [4.69, 9.17) is 0 Å². The summed E-state index contributed by atoms with van der Waals surface area (Å²) < 4.78 is 0. The van der Waals surface area contributed by atoms with Crippen LogP contribution in [0.5, 0.6) is 0 Å². The Morgan fingerprint density at radius 3 is 2.40 bits per heavy atom. The number of nitrogens with zero attached hydrogens (tertiary/aromatic N) is 1. The maximum absolute atomic E-state index is 4.11. The van der Waals surface area contributed by atoms with Crippen molar-refractivity contribution in [3.05, 3.63) is 16.6 Å². The summed E-state index contributed by atoms with van der Waals surface area (Å²) in [4.78, 5) is 5.48. The average Bonchev–Trinajstić information content (AvgIpc) is 2.52. The van der Waals surface area contributed by atoms with Crippen molar-refractivity contribution in [2.24, 2.45) is 5.41 Å². The zero-order valence-electron chi connectivity index (χ0n) is 10.4. The van der Waals surface area contributed by atoms with Crippen LogP contribution in [0.25, 0.3) is 0 Å². The first-order chi connectivity index (χ1) is 6.79. The van der Waals surface area contributed by atoms with E-state index in [-0.39, 0.29) is 5.54 Å². The number of hydrogen-bond acceptors (Lipinski definition) is 3. The maximum Gasteiger partial charge on any atom is 0.0794 e. The highest BCUT2D eigenvalue weighted by atomic mass is 32.1. The molecule has 2 nitrogen and oxygen atoms in total. The third-order valence-corrected chi connectivity index (χ3v) is 3.01. The van der Waals surface area contributed by atoms with Gasteiger partial charge in [0, 0.05) is 23.2 Å². The summed E-state index contributed by atoms with van der Waals surface area (Å²) in [5.74, 6) is 0. The van der Waals surface area contributed by atoms with Crippen LogP contribution < -0.4 is 5.32 Å². The van der Waals surface area contributed by atoms with Crippen LogP contribution in [0.1, 0.15) is 39.5 Å². The van der Waals surface area contributed by atoms with E-state index >= 15 is 0 Å². The van der Waals surface area contributed by atoms with Crippen LogP contribution in [-0.4, -0.2) is 17.1 Å². The predicted molar refractivity (Wildman–Crippen MR) is 67.4 cm³/mol. The van der Waals surface area contributed by atoms with E-state index in [0.717, 1.165) is 13.0 Å². The largest absolute Gasteiger partial charge is 0.312 e. The Bertz CT molecular complexity index is 283. The van der Waals surface area contributed by atoms with Crippen molar-refractivity contribution in [3.63, 3.8) is 0 Å². The molecule has 0 aliphatic carbocycles. The van der Waals surface area contributed by atoms with Crippen LogP contribution in [0.4, 0.5) is 0 Å². The summed E-state index contributed by atoms with van der Waals surface area (Å²) in [5, 5.41) is 3.56. The lowest BCUT2D eigenvalue weighted by atomic mass is 9.88. The van der Waals surface area contributed by atoms with Crippen molar-refractivity contribution in [1.29, 1.82) is 0 Å². The van der Waals surface area contributed by atoms with E-state index in [2.05, 4.69) is 44.9 Å². The molecular formula is C12H22N2S. The fourth-order valence-corrected chi connectivity index (χ4v) is 2.22. The molecule has 0 aliphatic heterocycles. The first-order valence-electron chi connectivity index (χ1n) is 5.41. The average molecular weight is 226 g/mol. The molecule has 1 N–H and O–H groups in total. The van der Waals surface area contributed by atoms with Crippen molar-refractivity contribution in [2.75, 3.05) is 6.54 Å². The highest BCUT2D eigenvalue weighted by Crippen LogP contribution is 2.23. The van der Waals surface area contributed by atoms with Gasteiger partial charge in [-0.25, -0.2) is 0 Å². The molecule has 86 valence electrons. The summed E-state index contributed by atoms with van der Waals surface area (Å²) in [6, 6.07) is 0. The van der Waals surface area contributed by atoms with Crippen LogP contribution in [0.15, 0.2) is 11.7 Å². The van der Waals surface area contributed by atoms with E-state index in [0.29, 0.717) is 5.41 Å². The van der Waals surface area contributed by atoms with E-state index in [1.165, 1.54) is 4.88 Å². The van der Waals surface area contributed by atoms with Crippen molar-refractivity contribution in [3.8, 4) is 0 Å². The van der Waals surface area contributed by atoms with Gasteiger partial charge < -0.3 is 5.32 Å². The molecule has 3 heteroatoms. The highest BCUT2D eigenvalue weighted by Gasteiger charge is 2.21. The summed E-state index contributed by atoms with van der Waals surface area (Å²) in [5.41, 5.74) is 2.40. The zero-order chi connectivity index (χ0) is 11.5. The fourth-order valence-electron chi connectivity index (χ4n) is 1.37. The molecule has 1 aromatic heterocycles. The molecule has 0 saturated carbocycles. The molecule has 15 heavy (non-hydrogen) atoms. The monoisotopic (exact) mass is 226 g/mol. The van der Waals surface area contributed by atoms with Crippen molar-refractivity contribution in [2.45, 2.75) is 46.6 Å².